The van der Waals surface area contributed by atoms with Crippen molar-refractivity contribution in [2.45, 2.75) is 39.0 Å². The fourth-order valence-corrected chi connectivity index (χ4v) is 3.77. The zero-order valence-electron chi connectivity index (χ0n) is 8.78. The first-order chi connectivity index (χ1) is 6.39. The highest BCUT2D eigenvalue weighted by Gasteiger charge is 2.42. The lowest BCUT2D eigenvalue weighted by Crippen LogP contribution is -2.45. The summed E-state index contributed by atoms with van der Waals surface area (Å²) in [7, 11) is -2.90. The van der Waals surface area contributed by atoms with Crippen LogP contribution >= 0.6 is 0 Å². The Morgan fingerprint density at radius 2 is 1.86 bits per heavy atom. The molecule has 0 aromatic carbocycles. The van der Waals surface area contributed by atoms with E-state index in [1.165, 1.54) is 6.55 Å². The van der Waals surface area contributed by atoms with Crippen molar-refractivity contribution in [1.82, 2.24) is 0 Å². The third-order valence-corrected chi connectivity index (χ3v) is 4.71. The van der Waals surface area contributed by atoms with Crippen molar-refractivity contribution < 1.29 is 22.0 Å². The fraction of sp³-hybridized carbons (Fsp3) is 1.00. The lowest BCUT2D eigenvalue weighted by atomic mass is 10.6. The van der Waals surface area contributed by atoms with E-state index in [0.717, 1.165) is 0 Å². The van der Waals surface area contributed by atoms with E-state index in [1.807, 2.05) is 6.92 Å². The molecule has 0 rings (SSSR count). The molecule has 0 radical (unpaired) electrons. The van der Waals surface area contributed by atoms with Gasteiger partial charge in [0.05, 0.1) is 0 Å². The largest absolute Gasteiger partial charge is 0.395 e. The van der Waals surface area contributed by atoms with Crippen LogP contribution in [-0.4, -0.2) is 28.0 Å². The van der Waals surface area contributed by atoms with Crippen LogP contribution in [0.15, 0.2) is 0 Å². The summed E-state index contributed by atoms with van der Waals surface area (Å²) in [5.74, 6) is 0. The smallest absolute Gasteiger partial charge is 0.376 e. The van der Waals surface area contributed by atoms with Crippen LogP contribution < -0.4 is 0 Å². The maximum atomic E-state index is 12.7. The summed E-state index contributed by atoms with van der Waals surface area (Å²) in [4.78, 5) is 0. The molecule has 0 fully saturated rings. The van der Waals surface area contributed by atoms with E-state index in [9.17, 15) is 13.2 Å². The molecule has 0 heterocycles. The van der Waals surface area contributed by atoms with Gasteiger partial charge in [-0.15, -0.1) is 0 Å². The second-order valence-electron chi connectivity index (χ2n) is 3.19. The van der Waals surface area contributed by atoms with Crippen molar-refractivity contribution >= 4 is 8.56 Å². The molecule has 86 valence electrons. The van der Waals surface area contributed by atoms with Gasteiger partial charge in [-0.25, -0.2) is 4.39 Å². The summed E-state index contributed by atoms with van der Waals surface area (Å²) in [5, 5.41) is 0. The molecule has 6 heteroatoms. The molecule has 0 aliphatic rings. The molecular weight excluding hydrogens is 213 g/mol. The van der Waals surface area contributed by atoms with Gasteiger partial charge in [0, 0.05) is 6.61 Å². The Balaban J connectivity index is 4.34. The molecule has 0 saturated heterocycles. The average Bonchev–Trinajstić information content (AvgIpc) is 2.03. The van der Waals surface area contributed by atoms with Gasteiger partial charge >= 0.3 is 14.7 Å². The second kappa shape index (κ2) is 5.72. The summed E-state index contributed by atoms with van der Waals surface area (Å²) in [6, 6.07) is 0.441. The quantitative estimate of drug-likeness (QED) is 0.626. The molecule has 0 aliphatic heterocycles. The molecule has 1 unspecified atom stereocenters. The van der Waals surface area contributed by atoms with Crippen molar-refractivity contribution in [2.75, 3.05) is 13.3 Å². The Labute approximate surface area is 83.6 Å². The summed E-state index contributed by atoms with van der Waals surface area (Å²) in [5.41, 5.74) is 0. The zero-order chi connectivity index (χ0) is 11.2. The summed E-state index contributed by atoms with van der Waals surface area (Å²) in [6.07, 6.45) is -3.02. The first-order valence-electron chi connectivity index (χ1n) is 4.67. The molecule has 0 aliphatic carbocycles. The second-order valence-corrected chi connectivity index (χ2v) is 6.45. The monoisotopic (exact) mass is 230 g/mol. The normalized spacial score (nSPS) is 16.7. The average molecular weight is 230 g/mol. The number of hydrogen-bond acceptors (Lipinski definition) is 2. The van der Waals surface area contributed by atoms with Gasteiger partial charge in [0.15, 0.2) is 6.67 Å². The van der Waals surface area contributed by atoms with E-state index >= 15 is 0 Å². The van der Waals surface area contributed by atoms with E-state index in [0.29, 0.717) is 19.1 Å². The van der Waals surface area contributed by atoms with Gasteiger partial charge in [-0.2, -0.15) is 8.78 Å². The Kier molecular flexibility index (Phi) is 5.69. The van der Waals surface area contributed by atoms with Gasteiger partial charge in [0.25, 0.3) is 0 Å². The molecule has 0 spiro atoms. The summed E-state index contributed by atoms with van der Waals surface area (Å²) in [6.45, 7) is 3.60. The van der Waals surface area contributed by atoms with Gasteiger partial charge in [-0.3, -0.25) is 0 Å². The molecule has 0 aromatic rings. The highest BCUT2D eigenvalue weighted by atomic mass is 28.4. The fourth-order valence-electron chi connectivity index (χ4n) is 1.26. The van der Waals surface area contributed by atoms with E-state index < -0.39 is 21.3 Å². The third kappa shape index (κ3) is 4.97. The van der Waals surface area contributed by atoms with Crippen LogP contribution in [0.25, 0.3) is 0 Å². The van der Waals surface area contributed by atoms with E-state index in [4.69, 9.17) is 4.43 Å². The van der Waals surface area contributed by atoms with Crippen LogP contribution in [0.5, 0.6) is 0 Å². The number of hydrogen-bond donors (Lipinski definition) is 0. The van der Waals surface area contributed by atoms with E-state index in [1.54, 1.807) is 6.92 Å². The van der Waals surface area contributed by atoms with Crippen LogP contribution in [0.4, 0.5) is 13.2 Å². The van der Waals surface area contributed by atoms with Gasteiger partial charge in [-0.05, 0) is 19.5 Å². The highest BCUT2D eigenvalue weighted by Crippen LogP contribution is 2.26. The van der Waals surface area contributed by atoms with Crippen molar-refractivity contribution in [1.29, 1.82) is 0 Å². The minimum atomic E-state index is -3.70. The van der Waals surface area contributed by atoms with Crippen molar-refractivity contribution in [3.63, 3.8) is 0 Å². The Morgan fingerprint density at radius 3 is 2.21 bits per heavy atom. The van der Waals surface area contributed by atoms with Gasteiger partial charge in [0.1, 0.15) is 0 Å². The molecular formula is C8H17F3O2Si. The maximum Gasteiger partial charge on any atom is 0.376 e. The number of alkyl halides is 3. The predicted molar refractivity (Wildman–Crippen MR) is 50.3 cm³/mol. The Morgan fingerprint density at radius 1 is 1.29 bits per heavy atom. The van der Waals surface area contributed by atoms with Crippen LogP contribution in [-0.2, 0) is 8.85 Å². The molecule has 0 saturated carbocycles. The molecule has 0 bridgehead atoms. The highest BCUT2D eigenvalue weighted by molar-refractivity contribution is 6.66. The van der Waals surface area contributed by atoms with Crippen molar-refractivity contribution in [3.05, 3.63) is 0 Å². The van der Waals surface area contributed by atoms with Gasteiger partial charge in [0.2, 0.25) is 0 Å². The molecule has 2 nitrogen and oxygen atoms in total. The summed E-state index contributed by atoms with van der Waals surface area (Å²) >= 11 is 0. The number of halogens is 3. The van der Waals surface area contributed by atoms with E-state index in [-0.39, 0.29) is 0 Å². The molecule has 1 atom stereocenters. The zero-order valence-corrected chi connectivity index (χ0v) is 9.78. The maximum absolute atomic E-state index is 12.7. The lowest BCUT2D eigenvalue weighted by molar-refractivity contribution is -0.203. The lowest BCUT2D eigenvalue weighted by Gasteiger charge is -2.29. The van der Waals surface area contributed by atoms with Gasteiger partial charge in [-0.1, -0.05) is 13.3 Å². The standard InChI is InChI=1S/C8H17F3O2Si/c1-4-6-14(3,12-5-2)13-8(10,11)7-9/h4-7H2,1-3H3. The first kappa shape index (κ1) is 13.9. The Bertz CT molecular complexity index is 161. The minimum Gasteiger partial charge on any atom is -0.395 e. The van der Waals surface area contributed by atoms with Crippen LogP contribution in [0.3, 0.4) is 0 Å². The molecule has 0 amide bonds. The minimum absolute atomic E-state index is 0.311. The SMILES string of the molecule is CCC[Si](C)(OCC)OC(F)(F)CF. The van der Waals surface area contributed by atoms with Crippen molar-refractivity contribution in [3.8, 4) is 0 Å². The van der Waals surface area contributed by atoms with E-state index in [2.05, 4.69) is 4.43 Å². The van der Waals surface area contributed by atoms with Crippen molar-refractivity contribution in [2.24, 2.45) is 0 Å². The molecule has 0 aromatic heterocycles. The number of rotatable bonds is 7. The topological polar surface area (TPSA) is 18.5 Å². The molecule has 0 N–H and O–H groups in total. The van der Waals surface area contributed by atoms with Crippen LogP contribution in [0.1, 0.15) is 20.3 Å². The van der Waals surface area contributed by atoms with Crippen LogP contribution in [0.2, 0.25) is 12.6 Å². The predicted octanol–water partition coefficient (Wildman–Crippen LogP) is 3.08. The third-order valence-electron chi connectivity index (χ3n) is 1.67. The first-order valence-corrected chi connectivity index (χ1v) is 7.19. The van der Waals surface area contributed by atoms with Gasteiger partial charge < -0.3 is 8.85 Å². The summed E-state index contributed by atoms with van der Waals surface area (Å²) < 4.78 is 46.8. The van der Waals surface area contributed by atoms with Crippen LogP contribution in [0, 0.1) is 0 Å². The molecule has 14 heavy (non-hydrogen) atoms. The Hall–Kier alpha value is -0.0731.